The van der Waals surface area contributed by atoms with E-state index in [0.29, 0.717) is 17.9 Å². The van der Waals surface area contributed by atoms with Crippen molar-refractivity contribution in [1.29, 1.82) is 0 Å². The maximum absolute atomic E-state index is 10.1. The molecule has 0 spiro atoms. The highest BCUT2D eigenvalue weighted by molar-refractivity contribution is 5.81. The van der Waals surface area contributed by atoms with Crippen LogP contribution >= 0.6 is 0 Å². The summed E-state index contributed by atoms with van der Waals surface area (Å²) in [4.78, 5) is 4.58. The van der Waals surface area contributed by atoms with E-state index in [9.17, 15) is 10.2 Å². The number of aliphatic hydroxyl groups excluding tert-OH is 1. The van der Waals surface area contributed by atoms with E-state index in [1.54, 1.807) is 6.07 Å². The Kier molecular flexibility index (Phi) is 3.16. The molecule has 0 unspecified atom stereocenters. The lowest BCUT2D eigenvalue weighted by Gasteiger charge is -2.09. The largest absolute Gasteiger partial charge is 0.507 e. The molecule has 3 rings (SSSR count). The average Bonchev–Trinajstić information content (AvgIpc) is 2.78. The molecule has 0 fully saturated rings. The van der Waals surface area contributed by atoms with Crippen molar-refractivity contribution in [2.75, 3.05) is 6.61 Å². The number of phenols is 1. The van der Waals surface area contributed by atoms with E-state index in [1.165, 1.54) is 0 Å². The molecule has 0 aliphatic heterocycles. The van der Waals surface area contributed by atoms with Crippen LogP contribution in [-0.4, -0.2) is 26.4 Å². The Bertz CT molecular complexity index is 762. The second-order valence-electron chi connectivity index (χ2n) is 4.82. The number of aryl methyl sites for hydroxylation is 1. The van der Waals surface area contributed by atoms with Crippen LogP contribution in [0.5, 0.6) is 5.75 Å². The number of para-hydroxylation sites is 2. The van der Waals surface area contributed by atoms with Gasteiger partial charge in [0.2, 0.25) is 0 Å². The molecule has 0 amide bonds. The molecular weight excluding hydrogens is 252 g/mol. The first-order valence-corrected chi connectivity index (χ1v) is 6.57. The summed E-state index contributed by atoms with van der Waals surface area (Å²) in [6, 6.07) is 13.3. The first-order valence-electron chi connectivity index (χ1n) is 6.57. The summed E-state index contributed by atoms with van der Waals surface area (Å²) < 4.78 is 1.93. The van der Waals surface area contributed by atoms with Crippen molar-refractivity contribution in [3.8, 4) is 17.1 Å². The lowest BCUT2D eigenvalue weighted by molar-refractivity contribution is 0.278. The van der Waals surface area contributed by atoms with Gasteiger partial charge in [-0.2, -0.15) is 0 Å². The Hall–Kier alpha value is -2.33. The van der Waals surface area contributed by atoms with Gasteiger partial charge in [-0.25, -0.2) is 4.98 Å². The van der Waals surface area contributed by atoms with Gasteiger partial charge in [0.05, 0.1) is 23.2 Å². The van der Waals surface area contributed by atoms with Crippen LogP contribution in [0.15, 0.2) is 42.5 Å². The second kappa shape index (κ2) is 4.98. The van der Waals surface area contributed by atoms with E-state index in [4.69, 9.17) is 0 Å². The standard InChI is InChI=1S/C16H16N2O2/c1-11-6-7-12(15(20)10-11)16-17-13-4-2-3-5-14(13)18(16)8-9-19/h2-7,10,19-20H,8-9H2,1H3. The van der Waals surface area contributed by atoms with Crippen LogP contribution in [0, 0.1) is 6.92 Å². The summed E-state index contributed by atoms with van der Waals surface area (Å²) in [6.07, 6.45) is 0. The molecule has 3 aromatic rings. The zero-order chi connectivity index (χ0) is 14.1. The third kappa shape index (κ3) is 2.04. The van der Waals surface area contributed by atoms with Gasteiger partial charge in [-0.3, -0.25) is 0 Å². The molecule has 2 aromatic carbocycles. The fourth-order valence-corrected chi connectivity index (χ4v) is 2.44. The Morgan fingerprint density at radius 1 is 1.15 bits per heavy atom. The van der Waals surface area contributed by atoms with E-state index in [-0.39, 0.29) is 12.4 Å². The van der Waals surface area contributed by atoms with Crippen LogP contribution in [-0.2, 0) is 6.54 Å². The molecule has 0 aliphatic rings. The van der Waals surface area contributed by atoms with Crippen molar-refractivity contribution >= 4 is 11.0 Å². The minimum absolute atomic E-state index is 0.0278. The molecule has 1 heterocycles. The van der Waals surface area contributed by atoms with Crippen molar-refractivity contribution in [2.24, 2.45) is 0 Å². The Morgan fingerprint density at radius 2 is 1.95 bits per heavy atom. The molecule has 2 N–H and O–H groups in total. The molecule has 0 atom stereocenters. The summed E-state index contributed by atoms with van der Waals surface area (Å²) in [5.74, 6) is 0.886. The monoisotopic (exact) mass is 268 g/mol. The van der Waals surface area contributed by atoms with Crippen molar-refractivity contribution in [3.63, 3.8) is 0 Å². The number of rotatable bonds is 3. The van der Waals surface area contributed by atoms with E-state index < -0.39 is 0 Å². The van der Waals surface area contributed by atoms with Crippen LogP contribution in [0.25, 0.3) is 22.4 Å². The second-order valence-corrected chi connectivity index (χ2v) is 4.82. The van der Waals surface area contributed by atoms with Gasteiger partial charge in [-0.05, 0) is 36.8 Å². The number of aliphatic hydroxyl groups is 1. The summed E-state index contributed by atoms with van der Waals surface area (Å²) >= 11 is 0. The topological polar surface area (TPSA) is 58.3 Å². The number of fused-ring (bicyclic) bond motifs is 1. The quantitative estimate of drug-likeness (QED) is 0.768. The number of hydrogen-bond donors (Lipinski definition) is 2. The average molecular weight is 268 g/mol. The van der Waals surface area contributed by atoms with Gasteiger partial charge in [-0.15, -0.1) is 0 Å². The number of phenolic OH excluding ortho intramolecular Hbond substituents is 1. The highest BCUT2D eigenvalue weighted by Crippen LogP contribution is 2.31. The number of aromatic nitrogens is 2. The first kappa shape index (κ1) is 12.7. The summed E-state index contributed by atoms with van der Waals surface area (Å²) in [7, 11) is 0. The predicted octanol–water partition coefficient (Wildman–Crippen LogP) is 2.71. The van der Waals surface area contributed by atoms with E-state index in [2.05, 4.69) is 4.98 Å². The Balaban J connectivity index is 2.26. The molecule has 0 bridgehead atoms. The molecular formula is C16H16N2O2. The Morgan fingerprint density at radius 3 is 2.70 bits per heavy atom. The zero-order valence-corrected chi connectivity index (χ0v) is 11.2. The van der Waals surface area contributed by atoms with Gasteiger partial charge in [0.1, 0.15) is 11.6 Å². The van der Waals surface area contributed by atoms with Crippen LogP contribution in [0.1, 0.15) is 5.56 Å². The van der Waals surface area contributed by atoms with Gasteiger partial charge in [0, 0.05) is 6.54 Å². The fraction of sp³-hybridized carbons (Fsp3) is 0.188. The molecule has 102 valence electrons. The van der Waals surface area contributed by atoms with Crippen molar-refractivity contribution in [1.82, 2.24) is 9.55 Å². The number of hydrogen-bond acceptors (Lipinski definition) is 3. The smallest absolute Gasteiger partial charge is 0.144 e. The number of aromatic hydroxyl groups is 1. The minimum Gasteiger partial charge on any atom is -0.507 e. The molecule has 0 saturated carbocycles. The third-order valence-corrected chi connectivity index (χ3v) is 3.37. The highest BCUT2D eigenvalue weighted by Gasteiger charge is 2.14. The first-order chi connectivity index (χ1) is 9.70. The molecule has 0 aliphatic carbocycles. The minimum atomic E-state index is 0.0278. The van der Waals surface area contributed by atoms with E-state index in [1.807, 2.05) is 47.9 Å². The summed E-state index contributed by atoms with van der Waals surface area (Å²) in [6.45, 7) is 2.41. The van der Waals surface area contributed by atoms with E-state index >= 15 is 0 Å². The van der Waals surface area contributed by atoms with Gasteiger partial charge < -0.3 is 14.8 Å². The highest BCUT2D eigenvalue weighted by atomic mass is 16.3. The lowest BCUT2D eigenvalue weighted by Crippen LogP contribution is -2.04. The zero-order valence-electron chi connectivity index (χ0n) is 11.2. The maximum atomic E-state index is 10.1. The molecule has 0 radical (unpaired) electrons. The van der Waals surface area contributed by atoms with Gasteiger partial charge in [0.15, 0.2) is 0 Å². The molecule has 4 nitrogen and oxygen atoms in total. The molecule has 4 heteroatoms. The molecule has 1 aromatic heterocycles. The third-order valence-electron chi connectivity index (χ3n) is 3.37. The molecule has 20 heavy (non-hydrogen) atoms. The van der Waals surface area contributed by atoms with Crippen LogP contribution in [0.4, 0.5) is 0 Å². The number of benzene rings is 2. The van der Waals surface area contributed by atoms with Gasteiger partial charge in [0.25, 0.3) is 0 Å². The number of imidazole rings is 1. The lowest BCUT2D eigenvalue weighted by atomic mass is 10.1. The van der Waals surface area contributed by atoms with Gasteiger partial charge in [-0.1, -0.05) is 18.2 Å². The SMILES string of the molecule is Cc1ccc(-c2nc3ccccc3n2CCO)c(O)c1. The van der Waals surface area contributed by atoms with Crippen molar-refractivity contribution < 1.29 is 10.2 Å². The van der Waals surface area contributed by atoms with Crippen LogP contribution in [0.2, 0.25) is 0 Å². The number of nitrogens with zero attached hydrogens (tertiary/aromatic N) is 2. The molecule has 0 saturated heterocycles. The van der Waals surface area contributed by atoms with Crippen molar-refractivity contribution in [2.45, 2.75) is 13.5 Å². The van der Waals surface area contributed by atoms with Gasteiger partial charge >= 0.3 is 0 Å². The Labute approximate surface area is 116 Å². The predicted molar refractivity (Wildman–Crippen MR) is 78.7 cm³/mol. The van der Waals surface area contributed by atoms with E-state index in [0.717, 1.165) is 16.6 Å². The normalized spacial score (nSPS) is 11.1. The van der Waals surface area contributed by atoms with Crippen LogP contribution < -0.4 is 0 Å². The summed E-state index contributed by atoms with van der Waals surface area (Å²) in [5.41, 5.74) is 3.49. The summed E-state index contributed by atoms with van der Waals surface area (Å²) in [5, 5.41) is 19.4. The van der Waals surface area contributed by atoms with Crippen molar-refractivity contribution in [3.05, 3.63) is 48.0 Å². The van der Waals surface area contributed by atoms with Crippen LogP contribution in [0.3, 0.4) is 0 Å². The maximum Gasteiger partial charge on any atom is 0.144 e. The fourth-order valence-electron chi connectivity index (χ4n) is 2.44.